The van der Waals surface area contributed by atoms with Crippen LogP contribution < -0.4 is 24.4 Å². The van der Waals surface area contributed by atoms with Gasteiger partial charge in [-0.3, -0.25) is 9.36 Å². The summed E-state index contributed by atoms with van der Waals surface area (Å²) in [4.78, 5) is 32.2. The van der Waals surface area contributed by atoms with E-state index in [0.717, 1.165) is 11.1 Å². The average molecular weight is 610 g/mol. The quantitative estimate of drug-likeness (QED) is 0.240. The fourth-order valence-corrected chi connectivity index (χ4v) is 6.06. The van der Waals surface area contributed by atoms with Crippen LogP contribution in [0.2, 0.25) is 10.0 Å². The maximum atomic E-state index is 13.9. The fourth-order valence-electron chi connectivity index (χ4n) is 4.56. The maximum absolute atomic E-state index is 13.9. The fraction of sp³-hybridized carbons (Fsp3) is 0.194. The van der Waals surface area contributed by atoms with Crippen LogP contribution in [0.3, 0.4) is 0 Å². The van der Waals surface area contributed by atoms with Gasteiger partial charge < -0.3 is 14.2 Å². The lowest BCUT2D eigenvalue weighted by molar-refractivity contribution is -0.139. The van der Waals surface area contributed by atoms with E-state index in [9.17, 15) is 9.59 Å². The molecule has 0 fully saturated rings. The van der Waals surface area contributed by atoms with Crippen molar-refractivity contribution in [3.63, 3.8) is 0 Å². The van der Waals surface area contributed by atoms with Gasteiger partial charge in [0.1, 0.15) is 18.1 Å². The second-order valence-electron chi connectivity index (χ2n) is 9.14. The molecule has 2 heterocycles. The number of carbonyl (C=O) groups is 1. The zero-order valence-corrected chi connectivity index (χ0v) is 24.8. The topological polar surface area (TPSA) is 79.1 Å². The zero-order valence-electron chi connectivity index (χ0n) is 22.5. The van der Waals surface area contributed by atoms with Crippen LogP contribution >= 0.6 is 34.5 Å². The number of nitrogens with zero attached hydrogens (tertiary/aromatic N) is 2. The first-order valence-corrected chi connectivity index (χ1v) is 14.4. The molecule has 210 valence electrons. The third-order valence-electron chi connectivity index (χ3n) is 6.55. The van der Waals surface area contributed by atoms with Gasteiger partial charge in [0.25, 0.3) is 5.56 Å². The van der Waals surface area contributed by atoms with E-state index in [0.29, 0.717) is 47.7 Å². The molecule has 0 N–H and O–H groups in total. The number of hydrogen-bond donors (Lipinski definition) is 0. The van der Waals surface area contributed by atoms with E-state index in [1.807, 2.05) is 42.5 Å². The van der Waals surface area contributed by atoms with E-state index >= 15 is 0 Å². The second-order valence-corrected chi connectivity index (χ2v) is 11.0. The van der Waals surface area contributed by atoms with Crippen molar-refractivity contribution in [2.45, 2.75) is 26.5 Å². The Morgan fingerprint density at radius 1 is 1.10 bits per heavy atom. The molecular weight excluding hydrogens is 583 g/mol. The summed E-state index contributed by atoms with van der Waals surface area (Å²) in [6.07, 6.45) is 1.77. The Balaban J connectivity index is 1.58. The first-order chi connectivity index (χ1) is 19.8. The van der Waals surface area contributed by atoms with Crippen molar-refractivity contribution in [3.05, 3.63) is 124 Å². The molecule has 0 spiro atoms. The Bertz CT molecular complexity index is 1830. The maximum Gasteiger partial charge on any atom is 0.338 e. The van der Waals surface area contributed by atoms with Crippen molar-refractivity contribution in [3.8, 4) is 11.5 Å². The summed E-state index contributed by atoms with van der Waals surface area (Å²) >= 11 is 13.6. The van der Waals surface area contributed by atoms with Gasteiger partial charge in [-0.1, -0.05) is 70.9 Å². The van der Waals surface area contributed by atoms with E-state index in [1.54, 1.807) is 55.9 Å². The Morgan fingerprint density at radius 3 is 2.56 bits per heavy atom. The molecule has 0 saturated heterocycles. The number of benzene rings is 3. The minimum absolute atomic E-state index is 0.202. The highest BCUT2D eigenvalue weighted by molar-refractivity contribution is 7.07. The summed E-state index contributed by atoms with van der Waals surface area (Å²) in [6, 6.07) is 19.2. The highest BCUT2D eigenvalue weighted by atomic mass is 35.5. The van der Waals surface area contributed by atoms with Crippen LogP contribution in [-0.4, -0.2) is 24.3 Å². The summed E-state index contributed by atoms with van der Waals surface area (Å²) in [7, 11) is 1.58. The monoisotopic (exact) mass is 608 g/mol. The predicted octanol–water partition coefficient (Wildman–Crippen LogP) is 5.69. The van der Waals surface area contributed by atoms with Gasteiger partial charge in [0, 0.05) is 21.2 Å². The van der Waals surface area contributed by atoms with Gasteiger partial charge in [-0.2, -0.15) is 0 Å². The molecule has 0 bridgehead atoms. The summed E-state index contributed by atoms with van der Waals surface area (Å²) in [5, 5.41) is 1.05. The van der Waals surface area contributed by atoms with Gasteiger partial charge in [-0.25, -0.2) is 9.79 Å². The minimum atomic E-state index is -0.711. The summed E-state index contributed by atoms with van der Waals surface area (Å²) in [5.41, 5.74) is 2.77. The van der Waals surface area contributed by atoms with Crippen molar-refractivity contribution in [2.75, 3.05) is 13.7 Å². The lowest BCUT2D eigenvalue weighted by Crippen LogP contribution is -2.39. The molecule has 1 aromatic heterocycles. The second kappa shape index (κ2) is 12.3. The van der Waals surface area contributed by atoms with E-state index in [1.165, 1.54) is 11.3 Å². The number of aromatic nitrogens is 1. The van der Waals surface area contributed by atoms with E-state index in [-0.39, 0.29) is 18.8 Å². The van der Waals surface area contributed by atoms with Crippen molar-refractivity contribution in [1.82, 2.24) is 4.57 Å². The van der Waals surface area contributed by atoms with Crippen molar-refractivity contribution in [1.29, 1.82) is 0 Å². The van der Waals surface area contributed by atoms with Gasteiger partial charge in [0.15, 0.2) is 4.80 Å². The normalized spacial score (nSPS) is 14.9. The highest BCUT2D eigenvalue weighted by Gasteiger charge is 2.33. The van der Waals surface area contributed by atoms with Crippen molar-refractivity contribution in [2.24, 2.45) is 4.99 Å². The number of methoxy groups -OCH3 is 1. The molecule has 1 atom stereocenters. The molecule has 1 aliphatic rings. The number of ether oxygens (including phenoxy) is 3. The molecule has 10 heteroatoms. The molecule has 1 unspecified atom stereocenters. The average Bonchev–Trinajstić information content (AvgIpc) is 3.26. The first-order valence-electron chi connectivity index (χ1n) is 12.8. The number of halogens is 2. The Hall–Kier alpha value is -3.85. The van der Waals surface area contributed by atoms with Gasteiger partial charge in [0.05, 0.1) is 35.6 Å². The molecule has 3 aromatic carbocycles. The van der Waals surface area contributed by atoms with Gasteiger partial charge >= 0.3 is 5.97 Å². The molecule has 0 saturated carbocycles. The van der Waals surface area contributed by atoms with Gasteiger partial charge in [-0.05, 0) is 55.8 Å². The van der Waals surface area contributed by atoms with Crippen LogP contribution in [0, 0.1) is 0 Å². The first kappa shape index (κ1) is 28.7. The highest BCUT2D eigenvalue weighted by Crippen LogP contribution is 2.32. The SMILES string of the molecule is CCOC(=O)C1=C(C)N=c2s/c(=C/c3ccccc3OCc3ccc(Cl)cc3Cl)c(=O)n2C1c1ccc(OC)cc1. The van der Waals surface area contributed by atoms with Crippen LogP contribution in [0.25, 0.3) is 6.08 Å². The van der Waals surface area contributed by atoms with Gasteiger partial charge in [0.2, 0.25) is 0 Å². The van der Waals surface area contributed by atoms with Crippen LogP contribution in [0.15, 0.2) is 87.8 Å². The molecule has 7 nitrogen and oxygen atoms in total. The molecule has 1 aliphatic heterocycles. The van der Waals surface area contributed by atoms with E-state index in [2.05, 4.69) is 4.99 Å². The number of allylic oxidation sites excluding steroid dienone is 1. The van der Waals surface area contributed by atoms with Crippen LogP contribution in [-0.2, 0) is 16.1 Å². The van der Waals surface area contributed by atoms with Gasteiger partial charge in [-0.15, -0.1) is 0 Å². The lowest BCUT2D eigenvalue weighted by atomic mass is 9.96. The summed E-state index contributed by atoms with van der Waals surface area (Å²) in [5.74, 6) is 0.735. The van der Waals surface area contributed by atoms with E-state index < -0.39 is 12.0 Å². The minimum Gasteiger partial charge on any atom is -0.497 e. The standard InChI is InChI=1S/C31H26Cl2N2O5S/c1-4-39-30(37)27-18(2)34-31-35(28(27)19-10-13-23(38-3)14-11-19)29(36)26(41-31)15-20-7-5-6-8-25(20)40-17-21-9-12-22(32)16-24(21)33/h5-16,28H,4,17H2,1-3H3/b26-15+. The van der Waals surface area contributed by atoms with Crippen LogP contribution in [0.5, 0.6) is 11.5 Å². The molecule has 0 amide bonds. The third-order valence-corrected chi connectivity index (χ3v) is 8.12. The molecule has 5 rings (SSSR count). The molecule has 41 heavy (non-hydrogen) atoms. The van der Waals surface area contributed by atoms with E-state index in [4.69, 9.17) is 37.4 Å². The smallest absolute Gasteiger partial charge is 0.338 e. The number of para-hydroxylation sites is 1. The Labute approximate surface area is 250 Å². The zero-order chi connectivity index (χ0) is 29.1. The summed E-state index contributed by atoms with van der Waals surface area (Å²) < 4.78 is 18.8. The number of rotatable bonds is 8. The lowest BCUT2D eigenvalue weighted by Gasteiger charge is -2.24. The molecule has 0 radical (unpaired) electrons. The molecule has 4 aromatic rings. The van der Waals surface area contributed by atoms with Crippen molar-refractivity contribution >= 4 is 46.6 Å². The largest absolute Gasteiger partial charge is 0.497 e. The number of thiazole rings is 1. The number of esters is 1. The van der Waals surface area contributed by atoms with Crippen LogP contribution in [0.4, 0.5) is 0 Å². The van der Waals surface area contributed by atoms with Crippen molar-refractivity contribution < 1.29 is 19.0 Å². The number of carbonyl (C=O) groups excluding carboxylic acids is 1. The Kier molecular flexibility index (Phi) is 8.63. The predicted molar refractivity (Wildman–Crippen MR) is 161 cm³/mol. The molecule has 0 aliphatic carbocycles. The molecular formula is C31H26Cl2N2O5S. The Morgan fingerprint density at radius 2 is 1.85 bits per heavy atom. The number of hydrogen-bond acceptors (Lipinski definition) is 7. The summed E-state index contributed by atoms with van der Waals surface area (Å²) in [6.45, 7) is 3.92. The third kappa shape index (κ3) is 5.95. The van der Waals surface area contributed by atoms with Crippen LogP contribution in [0.1, 0.15) is 36.6 Å². The number of fused-ring (bicyclic) bond motifs is 1.